The molecule has 0 radical (unpaired) electrons. The van der Waals surface area contributed by atoms with Gasteiger partial charge in [-0.25, -0.2) is 18.4 Å². The first-order chi connectivity index (χ1) is 16.6. The van der Waals surface area contributed by atoms with Crippen LogP contribution in [0.3, 0.4) is 0 Å². The molecule has 0 bridgehead atoms. The van der Waals surface area contributed by atoms with Crippen LogP contribution in [0.1, 0.15) is 24.7 Å². The average Bonchev–Trinajstić information content (AvgIpc) is 3.21. The summed E-state index contributed by atoms with van der Waals surface area (Å²) in [6, 6.07) is 4.50. The third-order valence-electron chi connectivity index (χ3n) is 4.76. The Bertz CT molecular complexity index is 1260. The Kier molecular flexibility index (Phi) is 8.77. The molecule has 0 aliphatic rings. The summed E-state index contributed by atoms with van der Waals surface area (Å²) in [5.41, 5.74) is 0.165. The second kappa shape index (κ2) is 11.4. The first-order valence-corrected chi connectivity index (χ1v) is 12.1. The summed E-state index contributed by atoms with van der Waals surface area (Å²) >= 11 is 12.1. The number of hydrogen-bond acceptors (Lipinski definition) is 9. The molecule has 3 rings (SSSR count). The summed E-state index contributed by atoms with van der Waals surface area (Å²) in [6.45, 7) is -2.41. The van der Waals surface area contributed by atoms with Gasteiger partial charge < -0.3 is 14.2 Å². The molecule has 0 saturated heterocycles. The maximum atomic E-state index is 13.2. The molecule has 0 unspecified atom stereocenters. The molecule has 2 atom stereocenters. The van der Waals surface area contributed by atoms with Crippen LogP contribution in [0.4, 0.5) is 14.7 Å². The number of rotatable bonds is 11. The van der Waals surface area contributed by atoms with Crippen molar-refractivity contribution >= 4 is 39.2 Å². The normalized spacial score (nSPS) is 13.6. The molecule has 3 aromatic rings. The largest absolute Gasteiger partial charge is 0.497 e. The lowest BCUT2D eigenvalue weighted by Gasteiger charge is -2.22. The highest BCUT2D eigenvalue weighted by Gasteiger charge is 2.34. The maximum Gasteiger partial charge on any atom is 0.345 e. The lowest BCUT2D eigenvalue weighted by atomic mass is 10.2. The van der Waals surface area contributed by atoms with Gasteiger partial charge in [-0.15, -0.1) is 10.2 Å². The number of ether oxygens (including phenoxy) is 3. The third-order valence-corrected chi connectivity index (χ3v) is 6.97. The van der Waals surface area contributed by atoms with Crippen molar-refractivity contribution in [1.29, 1.82) is 0 Å². The number of benzene rings is 1. The van der Waals surface area contributed by atoms with E-state index in [1.54, 1.807) is 6.07 Å². The molecule has 0 aliphatic carbocycles. The quantitative estimate of drug-likeness (QED) is 0.378. The average molecular weight is 553 g/mol. The summed E-state index contributed by atoms with van der Waals surface area (Å²) in [5, 5.41) is 6.78. The standard InChI is InChI=1S/C19H20Cl2F2N6O5S/c1-10(16(33-3)17-24-7-11(20)8-25-17)35(30,31)28-19-27-26-15(9-34-18(22)23)29(19)14-6-12(32-2)4-5-13(14)21/h4-8,10,16,18H,9H2,1-3H3,(H,27,28)/t10-,16-/m0/s1. The Morgan fingerprint density at radius 1 is 1.14 bits per heavy atom. The van der Waals surface area contributed by atoms with Gasteiger partial charge in [0.1, 0.15) is 23.7 Å². The minimum atomic E-state index is -4.23. The predicted octanol–water partition coefficient (Wildman–Crippen LogP) is 3.63. The Morgan fingerprint density at radius 3 is 2.43 bits per heavy atom. The monoisotopic (exact) mass is 552 g/mol. The number of halogens is 4. The molecular weight excluding hydrogens is 533 g/mol. The number of anilines is 1. The Balaban J connectivity index is 2.01. The van der Waals surface area contributed by atoms with Gasteiger partial charge in [-0.1, -0.05) is 23.2 Å². The Labute approximate surface area is 209 Å². The summed E-state index contributed by atoms with van der Waals surface area (Å²) in [6.07, 6.45) is 1.53. The number of nitrogens with zero attached hydrogens (tertiary/aromatic N) is 5. The molecule has 0 fully saturated rings. The van der Waals surface area contributed by atoms with Crippen LogP contribution in [0.15, 0.2) is 30.6 Å². The minimum absolute atomic E-state index is 0.0816. The van der Waals surface area contributed by atoms with Crippen LogP contribution < -0.4 is 9.46 Å². The van der Waals surface area contributed by atoms with Gasteiger partial charge in [-0.3, -0.25) is 9.29 Å². The Hall–Kier alpha value is -2.65. The van der Waals surface area contributed by atoms with E-state index in [1.807, 2.05) is 0 Å². The van der Waals surface area contributed by atoms with Gasteiger partial charge in [0.2, 0.25) is 16.0 Å². The number of methoxy groups -OCH3 is 2. The number of hydrogen-bond donors (Lipinski definition) is 1. The van der Waals surface area contributed by atoms with Crippen LogP contribution in [-0.2, 0) is 26.1 Å². The molecule has 0 amide bonds. The maximum absolute atomic E-state index is 13.2. The van der Waals surface area contributed by atoms with E-state index < -0.39 is 34.6 Å². The van der Waals surface area contributed by atoms with Crippen LogP contribution in [0.25, 0.3) is 5.69 Å². The topological polar surface area (TPSA) is 130 Å². The van der Waals surface area contributed by atoms with Gasteiger partial charge >= 0.3 is 6.61 Å². The first-order valence-electron chi connectivity index (χ1n) is 9.77. The zero-order valence-electron chi connectivity index (χ0n) is 18.5. The highest BCUT2D eigenvalue weighted by Crippen LogP contribution is 2.31. The highest BCUT2D eigenvalue weighted by molar-refractivity contribution is 7.93. The second-order valence-electron chi connectivity index (χ2n) is 6.93. The molecule has 16 heteroatoms. The van der Waals surface area contributed by atoms with Crippen LogP contribution in [0.2, 0.25) is 10.0 Å². The van der Waals surface area contributed by atoms with Crippen LogP contribution >= 0.6 is 23.2 Å². The zero-order chi connectivity index (χ0) is 25.8. The molecule has 2 aromatic heterocycles. The summed E-state index contributed by atoms with van der Waals surface area (Å²) in [7, 11) is -1.52. The van der Waals surface area contributed by atoms with E-state index in [1.165, 1.54) is 45.7 Å². The van der Waals surface area contributed by atoms with Crippen molar-refractivity contribution in [3.63, 3.8) is 0 Å². The fraction of sp³-hybridized carbons (Fsp3) is 0.368. The van der Waals surface area contributed by atoms with E-state index in [4.69, 9.17) is 32.7 Å². The van der Waals surface area contributed by atoms with E-state index in [0.717, 1.165) is 4.57 Å². The van der Waals surface area contributed by atoms with Gasteiger partial charge in [-0.05, 0) is 19.1 Å². The molecule has 0 aliphatic heterocycles. The van der Waals surface area contributed by atoms with E-state index in [0.29, 0.717) is 5.75 Å². The van der Waals surface area contributed by atoms with E-state index in [2.05, 4.69) is 29.6 Å². The van der Waals surface area contributed by atoms with E-state index in [-0.39, 0.29) is 33.3 Å². The number of alkyl halides is 2. The predicted molar refractivity (Wildman–Crippen MR) is 123 cm³/mol. The molecule has 1 aromatic carbocycles. The molecule has 11 nitrogen and oxygen atoms in total. The number of nitrogens with one attached hydrogen (secondary N) is 1. The molecule has 0 spiro atoms. The minimum Gasteiger partial charge on any atom is -0.497 e. The van der Waals surface area contributed by atoms with Crippen LogP contribution in [0.5, 0.6) is 5.75 Å². The Morgan fingerprint density at radius 2 is 1.83 bits per heavy atom. The van der Waals surface area contributed by atoms with Gasteiger partial charge in [-0.2, -0.15) is 8.78 Å². The van der Waals surface area contributed by atoms with Crippen molar-refractivity contribution in [3.8, 4) is 11.4 Å². The van der Waals surface area contributed by atoms with E-state index >= 15 is 0 Å². The number of aromatic nitrogens is 5. The van der Waals surface area contributed by atoms with Crippen LogP contribution in [-0.4, -0.2) is 59.2 Å². The van der Waals surface area contributed by atoms with Crippen molar-refractivity contribution in [2.45, 2.75) is 31.5 Å². The summed E-state index contributed by atoms with van der Waals surface area (Å²) < 4.78 is 70.2. The lowest BCUT2D eigenvalue weighted by molar-refractivity contribution is -0.139. The van der Waals surface area contributed by atoms with Crippen molar-refractivity contribution < 1.29 is 31.4 Å². The molecule has 1 N–H and O–H groups in total. The second-order valence-corrected chi connectivity index (χ2v) is 9.81. The van der Waals surface area contributed by atoms with Crippen molar-refractivity contribution in [2.24, 2.45) is 0 Å². The van der Waals surface area contributed by atoms with Crippen LogP contribution in [0, 0.1) is 0 Å². The smallest absolute Gasteiger partial charge is 0.345 e. The van der Waals surface area contributed by atoms with Gasteiger partial charge in [0.05, 0.1) is 22.8 Å². The van der Waals surface area contributed by atoms with Crippen molar-refractivity contribution in [2.75, 3.05) is 18.9 Å². The molecule has 2 heterocycles. The first kappa shape index (κ1) is 26.9. The number of sulfonamides is 1. The fourth-order valence-corrected chi connectivity index (χ4v) is 4.45. The van der Waals surface area contributed by atoms with Gasteiger partial charge in [0.15, 0.2) is 11.6 Å². The molecule has 190 valence electrons. The molecule has 0 saturated carbocycles. The SMILES string of the molecule is COc1ccc(Cl)c(-n2c(COC(F)F)nnc2NS(=O)(=O)[C@@H](C)[C@H](OC)c2ncc(Cl)cn2)c1. The third kappa shape index (κ3) is 6.32. The summed E-state index contributed by atoms with van der Waals surface area (Å²) in [4.78, 5) is 8.04. The molecule has 35 heavy (non-hydrogen) atoms. The van der Waals surface area contributed by atoms with Gasteiger partial charge in [0.25, 0.3) is 0 Å². The van der Waals surface area contributed by atoms with Crippen molar-refractivity contribution in [1.82, 2.24) is 24.7 Å². The van der Waals surface area contributed by atoms with Gasteiger partial charge in [0, 0.05) is 25.6 Å². The van der Waals surface area contributed by atoms with E-state index in [9.17, 15) is 17.2 Å². The lowest BCUT2D eigenvalue weighted by Crippen LogP contribution is -2.33. The zero-order valence-corrected chi connectivity index (χ0v) is 20.9. The summed E-state index contributed by atoms with van der Waals surface area (Å²) in [5.74, 6) is -0.0275. The fourth-order valence-electron chi connectivity index (χ4n) is 3.02. The molecular formula is C19H20Cl2F2N6O5S. The van der Waals surface area contributed by atoms with Crippen molar-refractivity contribution in [3.05, 3.63) is 52.3 Å². The highest BCUT2D eigenvalue weighted by atomic mass is 35.5.